The van der Waals surface area contributed by atoms with Gasteiger partial charge in [-0.2, -0.15) is 0 Å². The van der Waals surface area contributed by atoms with E-state index in [-0.39, 0.29) is 5.56 Å². The Morgan fingerprint density at radius 1 is 1.10 bits per heavy atom. The molecule has 0 fully saturated rings. The summed E-state index contributed by atoms with van der Waals surface area (Å²) in [6.45, 7) is 6.24. The first-order valence-corrected chi connectivity index (χ1v) is 11.5. The Balaban J connectivity index is 1.84. The first-order chi connectivity index (χ1) is 13.9. The van der Waals surface area contributed by atoms with Gasteiger partial charge in [-0.3, -0.25) is 13.9 Å². The lowest BCUT2D eigenvalue weighted by atomic mass is 10.1. The molecule has 4 rings (SSSR count). The van der Waals surface area contributed by atoms with Crippen molar-refractivity contribution in [1.29, 1.82) is 0 Å². The van der Waals surface area contributed by atoms with E-state index in [1.54, 1.807) is 23.4 Å². The Morgan fingerprint density at radius 2 is 1.86 bits per heavy atom. The Hall–Kier alpha value is -2.22. The first-order valence-electron chi connectivity index (χ1n) is 9.24. The molecule has 2 aromatic carbocycles. The van der Waals surface area contributed by atoms with Gasteiger partial charge < -0.3 is 0 Å². The van der Waals surface area contributed by atoms with Crippen molar-refractivity contribution >= 4 is 45.7 Å². The van der Waals surface area contributed by atoms with Crippen LogP contribution in [0.15, 0.2) is 52.4 Å². The highest BCUT2D eigenvalue weighted by molar-refractivity contribution is 7.98. The summed E-state index contributed by atoms with van der Waals surface area (Å²) in [4.78, 5) is 17.9. The molecule has 0 unspecified atom stereocenters. The van der Waals surface area contributed by atoms with Gasteiger partial charge >= 0.3 is 0 Å². The van der Waals surface area contributed by atoms with Crippen molar-refractivity contribution < 1.29 is 0 Å². The number of fused-ring (bicyclic) bond motifs is 1. The van der Waals surface area contributed by atoms with Crippen LogP contribution in [-0.4, -0.2) is 14.1 Å². The van der Waals surface area contributed by atoms with E-state index in [9.17, 15) is 4.79 Å². The van der Waals surface area contributed by atoms with E-state index < -0.39 is 0 Å². The molecule has 0 atom stereocenters. The van der Waals surface area contributed by atoms with Gasteiger partial charge in [0.1, 0.15) is 4.70 Å². The second kappa shape index (κ2) is 7.89. The number of para-hydroxylation sites is 1. The third-order valence-corrected chi connectivity index (χ3v) is 7.42. The minimum atomic E-state index is -0.0538. The lowest BCUT2D eigenvalue weighted by molar-refractivity contribution is 0.722. The Bertz CT molecular complexity index is 1350. The number of aryl methyl sites for hydroxylation is 3. The van der Waals surface area contributed by atoms with Crippen molar-refractivity contribution in [1.82, 2.24) is 14.1 Å². The van der Waals surface area contributed by atoms with Crippen LogP contribution < -0.4 is 5.56 Å². The van der Waals surface area contributed by atoms with Crippen LogP contribution in [0.5, 0.6) is 0 Å². The zero-order valence-electron chi connectivity index (χ0n) is 16.7. The molecule has 0 saturated carbocycles. The zero-order valence-corrected chi connectivity index (χ0v) is 19.2. The molecule has 2 heterocycles. The van der Waals surface area contributed by atoms with Gasteiger partial charge in [-0.1, -0.05) is 65.1 Å². The largest absolute Gasteiger partial charge is 0.289 e. The summed E-state index contributed by atoms with van der Waals surface area (Å²) in [5, 5.41) is 0.693. The fourth-order valence-corrected chi connectivity index (χ4v) is 5.63. The Labute approximate surface area is 182 Å². The fourth-order valence-electron chi connectivity index (χ4n) is 3.27. The van der Waals surface area contributed by atoms with E-state index in [2.05, 4.69) is 32.0 Å². The van der Waals surface area contributed by atoms with E-state index in [4.69, 9.17) is 17.2 Å². The molecular weight excluding hydrogens is 418 g/mol. The summed E-state index contributed by atoms with van der Waals surface area (Å²) in [5.74, 6) is 0.758. The topological polar surface area (TPSA) is 39.8 Å². The van der Waals surface area contributed by atoms with Gasteiger partial charge in [0.05, 0.1) is 5.69 Å². The maximum Gasteiger partial charge on any atom is 0.273 e. The number of thiazole rings is 1. The number of rotatable bonds is 4. The molecule has 0 spiro atoms. The van der Waals surface area contributed by atoms with Crippen LogP contribution in [0.2, 0.25) is 0 Å². The van der Waals surface area contributed by atoms with Gasteiger partial charge in [0.25, 0.3) is 5.56 Å². The van der Waals surface area contributed by atoms with Crippen molar-refractivity contribution in [2.24, 2.45) is 7.05 Å². The van der Waals surface area contributed by atoms with Gasteiger partial charge in [-0.25, -0.2) is 4.98 Å². The Morgan fingerprint density at radius 3 is 2.62 bits per heavy atom. The van der Waals surface area contributed by atoms with Gasteiger partial charge in [0, 0.05) is 12.8 Å². The van der Waals surface area contributed by atoms with E-state index in [1.165, 1.54) is 28.0 Å². The van der Waals surface area contributed by atoms with E-state index in [0.29, 0.717) is 19.5 Å². The SMILES string of the molecule is Cc1ccc(C)c(CSc2nc3c(sc(=S)n3-c3ccccc3C)c(=O)n2C)c1. The lowest BCUT2D eigenvalue weighted by Crippen LogP contribution is -2.19. The molecule has 2 aromatic heterocycles. The summed E-state index contributed by atoms with van der Waals surface area (Å²) >= 11 is 8.50. The highest BCUT2D eigenvalue weighted by Crippen LogP contribution is 2.28. The first kappa shape index (κ1) is 20.1. The van der Waals surface area contributed by atoms with Gasteiger partial charge in [-0.05, 0) is 55.7 Å². The van der Waals surface area contributed by atoms with Crippen LogP contribution in [0.3, 0.4) is 0 Å². The third-order valence-electron chi connectivity index (χ3n) is 4.99. The van der Waals surface area contributed by atoms with Crippen LogP contribution in [0.4, 0.5) is 0 Å². The summed E-state index contributed by atoms with van der Waals surface area (Å²) in [6, 6.07) is 14.5. The smallest absolute Gasteiger partial charge is 0.273 e. The summed E-state index contributed by atoms with van der Waals surface area (Å²) in [7, 11) is 1.78. The maximum atomic E-state index is 13.0. The highest BCUT2D eigenvalue weighted by Gasteiger charge is 2.17. The molecule has 0 aliphatic carbocycles. The van der Waals surface area contributed by atoms with Crippen molar-refractivity contribution in [3.63, 3.8) is 0 Å². The van der Waals surface area contributed by atoms with E-state index in [0.717, 1.165) is 17.0 Å². The molecule has 0 N–H and O–H groups in total. The molecule has 7 heteroatoms. The lowest BCUT2D eigenvalue weighted by Gasteiger charge is -2.11. The summed E-state index contributed by atoms with van der Waals surface area (Å²) in [6.07, 6.45) is 0. The predicted molar refractivity (Wildman–Crippen MR) is 125 cm³/mol. The molecule has 29 heavy (non-hydrogen) atoms. The molecule has 0 radical (unpaired) electrons. The van der Waals surface area contributed by atoms with Crippen molar-refractivity contribution in [2.75, 3.05) is 0 Å². The molecule has 0 aliphatic heterocycles. The summed E-state index contributed by atoms with van der Waals surface area (Å²) < 4.78 is 4.78. The minimum Gasteiger partial charge on any atom is -0.289 e. The zero-order chi connectivity index (χ0) is 20.7. The Kier molecular flexibility index (Phi) is 5.46. The van der Waals surface area contributed by atoms with Gasteiger partial charge in [0.15, 0.2) is 14.8 Å². The van der Waals surface area contributed by atoms with E-state index in [1.807, 2.05) is 35.8 Å². The fraction of sp³-hybridized carbons (Fsp3) is 0.227. The minimum absolute atomic E-state index is 0.0538. The van der Waals surface area contributed by atoms with Crippen molar-refractivity contribution in [3.05, 3.63) is 79.0 Å². The normalized spacial score (nSPS) is 11.3. The van der Waals surface area contributed by atoms with E-state index >= 15 is 0 Å². The molecule has 4 nitrogen and oxygen atoms in total. The van der Waals surface area contributed by atoms with Crippen LogP contribution in [0.25, 0.3) is 16.0 Å². The predicted octanol–water partition coefficient (Wildman–Crippen LogP) is 5.73. The monoisotopic (exact) mass is 439 g/mol. The molecule has 0 amide bonds. The van der Waals surface area contributed by atoms with Gasteiger partial charge in [0.2, 0.25) is 0 Å². The van der Waals surface area contributed by atoms with Crippen LogP contribution in [0, 0.1) is 24.7 Å². The second-order valence-electron chi connectivity index (χ2n) is 7.12. The summed E-state index contributed by atoms with van der Waals surface area (Å²) in [5.41, 5.74) is 6.38. The van der Waals surface area contributed by atoms with Crippen LogP contribution in [0.1, 0.15) is 22.3 Å². The maximum absolute atomic E-state index is 13.0. The van der Waals surface area contributed by atoms with Gasteiger partial charge in [-0.15, -0.1) is 0 Å². The molecule has 4 aromatic rings. The highest BCUT2D eigenvalue weighted by atomic mass is 32.2. The molecule has 0 aliphatic rings. The second-order valence-corrected chi connectivity index (χ2v) is 9.71. The van der Waals surface area contributed by atoms with Crippen LogP contribution >= 0.6 is 35.3 Å². The number of nitrogens with zero attached hydrogens (tertiary/aromatic N) is 3. The standard InChI is InChI=1S/C22H21N3OS3/c1-13-9-10-14(2)16(11-13)12-28-21-23-19-18(20(26)24(21)4)29-22(27)25(19)17-8-6-5-7-15(17)3/h5-11H,12H2,1-4H3. The number of benzene rings is 2. The van der Waals surface area contributed by atoms with Crippen LogP contribution in [-0.2, 0) is 12.8 Å². The number of hydrogen-bond donors (Lipinski definition) is 0. The van der Waals surface area contributed by atoms with Crippen molar-refractivity contribution in [3.8, 4) is 5.69 Å². The average molecular weight is 440 g/mol. The average Bonchev–Trinajstić information content (AvgIpc) is 3.02. The molecule has 148 valence electrons. The quantitative estimate of drug-likeness (QED) is 0.231. The molecular formula is C22H21N3OS3. The van der Waals surface area contributed by atoms with Crippen molar-refractivity contribution in [2.45, 2.75) is 31.7 Å². The number of aromatic nitrogens is 3. The number of hydrogen-bond acceptors (Lipinski definition) is 5. The molecule has 0 saturated heterocycles. The third kappa shape index (κ3) is 3.70. The number of thioether (sulfide) groups is 1. The molecule has 0 bridgehead atoms.